The average molecular weight is 457 g/mol. The summed E-state index contributed by atoms with van der Waals surface area (Å²) in [4.78, 5) is 5.38. The van der Waals surface area contributed by atoms with Crippen LogP contribution in [0.3, 0.4) is 0 Å². The minimum absolute atomic E-state index is 0.0740. The molecule has 0 fully saturated rings. The Balaban J connectivity index is 1.64. The van der Waals surface area contributed by atoms with Crippen molar-refractivity contribution in [1.82, 2.24) is 4.98 Å². The Hall–Kier alpha value is -2.55. The third-order valence-corrected chi connectivity index (χ3v) is 8.39. The largest absolute Gasteiger partial charge is 0.507 e. The molecule has 0 spiro atoms. The summed E-state index contributed by atoms with van der Waals surface area (Å²) in [5.41, 5.74) is 3.69. The minimum Gasteiger partial charge on any atom is -0.507 e. The van der Waals surface area contributed by atoms with E-state index in [1.807, 2.05) is 43.3 Å². The first-order valence-electron chi connectivity index (χ1n) is 9.20. The van der Waals surface area contributed by atoms with Crippen LogP contribution in [0.1, 0.15) is 16.7 Å². The number of aryl methyl sites for hydroxylation is 3. The second-order valence-electron chi connectivity index (χ2n) is 7.07. The Labute approximate surface area is 183 Å². The van der Waals surface area contributed by atoms with Gasteiger partial charge in [0.15, 0.2) is 4.34 Å². The van der Waals surface area contributed by atoms with Crippen molar-refractivity contribution in [2.75, 3.05) is 4.72 Å². The molecular formula is C22H20N2O3S3. The molecule has 0 radical (unpaired) electrons. The number of phenolic OH excluding ortho intramolecular Hbond substituents is 1. The van der Waals surface area contributed by atoms with Gasteiger partial charge in [-0.3, -0.25) is 4.72 Å². The summed E-state index contributed by atoms with van der Waals surface area (Å²) in [6.45, 7) is 5.52. The molecule has 3 aromatic carbocycles. The third kappa shape index (κ3) is 4.16. The highest BCUT2D eigenvalue weighted by molar-refractivity contribution is 8.01. The maximum Gasteiger partial charge on any atom is 0.262 e. The summed E-state index contributed by atoms with van der Waals surface area (Å²) in [5, 5.41) is 10.3. The minimum atomic E-state index is -3.77. The number of rotatable bonds is 5. The number of benzene rings is 3. The number of phenols is 1. The Morgan fingerprint density at radius 3 is 2.40 bits per heavy atom. The first-order chi connectivity index (χ1) is 14.2. The zero-order valence-electron chi connectivity index (χ0n) is 16.6. The normalized spacial score (nSPS) is 11.7. The summed E-state index contributed by atoms with van der Waals surface area (Å²) in [6.07, 6.45) is 0. The molecule has 0 amide bonds. The molecule has 0 saturated carbocycles. The summed E-state index contributed by atoms with van der Waals surface area (Å²) in [7, 11) is -3.77. The highest BCUT2D eigenvalue weighted by Crippen LogP contribution is 2.40. The highest BCUT2D eigenvalue weighted by atomic mass is 32.2. The van der Waals surface area contributed by atoms with Crippen LogP contribution in [0.15, 0.2) is 68.7 Å². The summed E-state index contributed by atoms with van der Waals surface area (Å²) < 4.78 is 30.5. The molecule has 4 aromatic rings. The molecular weight excluding hydrogens is 436 g/mol. The van der Waals surface area contributed by atoms with E-state index in [1.54, 1.807) is 26.0 Å². The zero-order valence-corrected chi connectivity index (χ0v) is 19.1. The predicted octanol–water partition coefficient (Wildman–Crippen LogP) is 5.88. The van der Waals surface area contributed by atoms with E-state index in [-0.39, 0.29) is 10.6 Å². The molecule has 0 unspecified atom stereocenters. The van der Waals surface area contributed by atoms with Crippen molar-refractivity contribution >= 4 is 49.0 Å². The van der Waals surface area contributed by atoms with Gasteiger partial charge in [-0.2, -0.15) is 0 Å². The van der Waals surface area contributed by atoms with Gasteiger partial charge in [0, 0.05) is 0 Å². The van der Waals surface area contributed by atoms with Crippen molar-refractivity contribution in [2.24, 2.45) is 0 Å². The van der Waals surface area contributed by atoms with Gasteiger partial charge in [0.05, 0.1) is 25.7 Å². The second-order valence-corrected chi connectivity index (χ2v) is 11.0. The Bertz CT molecular complexity index is 1310. The molecule has 0 aliphatic heterocycles. The van der Waals surface area contributed by atoms with Crippen molar-refractivity contribution in [2.45, 2.75) is 34.9 Å². The van der Waals surface area contributed by atoms with Crippen molar-refractivity contribution in [3.63, 3.8) is 0 Å². The van der Waals surface area contributed by atoms with Gasteiger partial charge >= 0.3 is 0 Å². The van der Waals surface area contributed by atoms with Crippen LogP contribution in [0.5, 0.6) is 5.75 Å². The standard InChI is InChI=1S/C22H20N2O3S3/c1-13-10-14(2)21(15(3)11-13)30(26,27)24-16-8-9-18(25)20(12-16)29-22-23-17-6-4-5-7-19(17)28-22/h4-12,24-25H,1-3H3. The van der Waals surface area contributed by atoms with Gasteiger partial charge in [-0.05, 0) is 62.2 Å². The van der Waals surface area contributed by atoms with E-state index < -0.39 is 10.0 Å². The number of hydrogen-bond donors (Lipinski definition) is 2. The molecule has 0 aliphatic carbocycles. The Morgan fingerprint density at radius 2 is 1.70 bits per heavy atom. The number of nitrogens with one attached hydrogen (secondary N) is 1. The van der Waals surface area contributed by atoms with Crippen LogP contribution in [0.2, 0.25) is 0 Å². The topological polar surface area (TPSA) is 79.3 Å². The maximum absolute atomic E-state index is 13.0. The SMILES string of the molecule is Cc1cc(C)c(S(=O)(=O)Nc2ccc(O)c(Sc3nc4ccccc4s3)c2)c(C)c1. The number of anilines is 1. The average Bonchev–Trinajstić information content (AvgIpc) is 3.05. The second kappa shape index (κ2) is 7.94. The summed E-state index contributed by atoms with van der Waals surface area (Å²) in [6, 6.07) is 16.2. The number of aromatic nitrogens is 1. The van der Waals surface area contributed by atoms with Gasteiger partial charge in [-0.25, -0.2) is 13.4 Å². The fraction of sp³-hybridized carbons (Fsp3) is 0.136. The smallest absolute Gasteiger partial charge is 0.262 e. The van der Waals surface area contributed by atoms with Gasteiger partial charge in [-0.1, -0.05) is 41.6 Å². The van der Waals surface area contributed by atoms with Crippen LogP contribution < -0.4 is 4.72 Å². The van der Waals surface area contributed by atoms with Crippen molar-refractivity contribution in [3.05, 3.63) is 71.3 Å². The first-order valence-corrected chi connectivity index (χ1v) is 12.3. The van der Waals surface area contributed by atoms with E-state index in [1.165, 1.54) is 29.2 Å². The fourth-order valence-electron chi connectivity index (χ4n) is 3.44. The monoisotopic (exact) mass is 456 g/mol. The van der Waals surface area contributed by atoms with E-state index in [0.29, 0.717) is 21.7 Å². The fourth-order valence-corrected chi connectivity index (χ4v) is 7.04. The molecule has 2 N–H and O–H groups in total. The highest BCUT2D eigenvalue weighted by Gasteiger charge is 2.21. The van der Waals surface area contributed by atoms with E-state index in [0.717, 1.165) is 20.1 Å². The lowest BCUT2D eigenvalue weighted by molar-refractivity contribution is 0.462. The number of sulfonamides is 1. The van der Waals surface area contributed by atoms with Crippen LogP contribution in [0.25, 0.3) is 10.2 Å². The van der Waals surface area contributed by atoms with Crippen LogP contribution in [-0.4, -0.2) is 18.5 Å². The molecule has 4 rings (SSSR count). The lowest BCUT2D eigenvalue weighted by Crippen LogP contribution is -2.16. The van der Waals surface area contributed by atoms with Crippen LogP contribution >= 0.6 is 23.1 Å². The molecule has 30 heavy (non-hydrogen) atoms. The zero-order chi connectivity index (χ0) is 21.5. The molecule has 0 atom stereocenters. The number of thiazole rings is 1. The van der Waals surface area contributed by atoms with E-state index >= 15 is 0 Å². The van der Waals surface area contributed by atoms with Crippen molar-refractivity contribution < 1.29 is 13.5 Å². The van der Waals surface area contributed by atoms with Gasteiger partial charge in [0.2, 0.25) is 0 Å². The molecule has 1 aromatic heterocycles. The molecule has 0 saturated heterocycles. The summed E-state index contributed by atoms with van der Waals surface area (Å²) in [5.74, 6) is 0.0740. The molecule has 154 valence electrons. The predicted molar refractivity (Wildman–Crippen MR) is 123 cm³/mol. The van der Waals surface area contributed by atoms with Crippen LogP contribution in [0.4, 0.5) is 5.69 Å². The lowest BCUT2D eigenvalue weighted by Gasteiger charge is -2.14. The molecule has 1 heterocycles. The molecule has 8 heteroatoms. The van der Waals surface area contributed by atoms with Gasteiger partial charge in [0.1, 0.15) is 5.75 Å². The van der Waals surface area contributed by atoms with Crippen LogP contribution in [-0.2, 0) is 10.0 Å². The number of fused-ring (bicyclic) bond motifs is 1. The maximum atomic E-state index is 13.0. The number of nitrogens with zero attached hydrogens (tertiary/aromatic N) is 1. The first kappa shape index (κ1) is 20.7. The number of aromatic hydroxyl groups is 1. The van der Waals surface area contributed by atoms with Crippen LogP contribution in [0, 0.1) is 20.8 Å². The Kier molecular flexibility index (Phi) is 5.48. The third-order valence-electron chi connectivity index (χ3n) is 4.56. The number of hydrogen-bond acceptors (Lipinski definition) is 6. The Morgan fingerprint density at radius 1 is 1.00 bits per heavy atom. The van der Waals surface area contributed by atoms with Gasteiger partial charge < -0.3 is 5.11 Å². The van der Waals surface area contributed by atoms with E-state index in [9.17, 15) is 13.5 Å². The van der Waals surface area contributed by atoms with Gasteiger partial charge in [-0.15, -0.1) is 11.3 Å². The molecule has 0 aliphatic rings. The summed E-state index contributed by atoms with van der Waals surface area (Å²) >= 11 is 2.83. The number of para-hydroxylation sites is 1. The van der Waals surface area contributed by atoms with Gasteiger partial charge in [0.25, 0.3) is 10.0 Å². The van der Waals surface area contributed by atoms with Crippen molar-refractivity contribution in [3.8, 4) is 5.75 Å². The van der Waals surface area contributed by atoms with E-state index in [2.05, 4.69) is 9.71 Å². The quantitative estimate of drug-likeness (QED) is 0.367. The van der Waals surface area contributed by atoms with E-state index in [4.69, 9.17) is 0 Å². The molecule has 5 nitrogen and oxygen atoms in total. The molecule has 0 bridgehead atoms. The lowest BCUT2D eigenvalue weighted by atomic mass is 10.1. The van der Waals surface area contributed by atoms with Crippen molar-refractivity contribution in [1.29, 1.82) is 0 Å².